The molecule has 1 aromatic heterocycles. The molecule has 3 nitrogen and oxygen atoms in total. The summed E-state index contributed by atoms with van der Waals surface area (Å²) in [6.45, 7) is 0. The van der Waals surface area contributed by atoms with E-state index in [0.717, 1.165) is 15.0 Å². The van der Waals surface area contributed by atoms with E-state index in [2.05, 4.69) is 9.97 Å². The third kappa shape index (κ3) is 1.66. The highest BCUT2D eigenvalue weighted by Crippen LogP contribution is 2.17. The molecule has 0 atom stereocenters. The summed E-state index contributed by atoms with van der Waals surface area (Å²) >= 11 is 11.0. The molecule has 1 aromatic carbocycles. The zero-order valence-corrected chi connectivity index (χ0v) is 8.00. The van der Waals surface area contributed by atoms with Crippen molar-refractivity contribution in [2.24, 2.45) is 0 Å². The molecule has 0 saturated heterocycles. The van der Waals surface area contributed by atoms with Gasteiger partial charge in [0.1, 0.15) is 0 Å². The molecule has 1 heterocycles. The number of hydrogen-bond donors (Lipinski definition) is 0. The normalized spacial score (nSPS) is 10.3. The highest BCUT2D eigenvalue weighted by Gasteiger charge is 2.02. The maximum absolute atomic E-state index is 5.50. The molecule has 0 bridgehead atoms. The summed E-state index contributed by atoms with van der Waals surface area (Å²) in [5.41, 5.74) is 1.59. The van der Waals surface area contributed by atoms with Crippen molar-refractivity contribution >= 4 is 40.4 Å². The molecule has 0 amide bonds. The summed E-state index contributed by atoms with van der Waals surface area (Å²) in [6, 6.07) is 7.51. The van der Waals surface area contributed by atoms with Gasteiger partial charge in [0.25, 0.3) is 0 Å². The average molecular weight is 214 g/mol. The first-order chi connectivity index (χ1) is 6.27. The van der Waals surface area contributed by atoms with Crippen LogP contribution in [0.15, 0.2) is 30.5 Å². The smallest absolute Gasteiger partial charge is 0.178 e. The highest BCUT2D eigenvalue weighted by atomic mass is 35.5. The van der Waals surface area contributed by atoms with Crippen molar-refractivity contribution in [3.63, 3.8) is 0 Å². The van der Waals surface area contributed by atoms with Crippen LogP contribution in [0.1, 0.15) is 0 Å². The quantitative estimate of drug-likeness (QED) is 0.683. The Labute approximate surface area is 85.1 Å². The van der Waals surface area contributed by atoms with Gasteiger partial charge in [0.05, 0.1) is 17.2 Å². The standard InChI is InChI=1S/C8H5Cl2N3/c9-13(10)8-5-11-6-3-1-2-4-7(6)12-8/h1-5H. The molecule has 0 aliphatic heterocycles. The second kappa shape index (κ2) is 3.36. The highest BCUT2D eigenvalue weighted by molar-refractivity contribution is 6.49. The predicted molar refractivity (Wildman–Crippen MR) is 53.7 cm³/mol. The first kappa shape index (κ1) is 8.53. The van der Waals surface area contributed by atoms with Gasteiger partial charge in [-0.1, -0.05) is 12.1 Å². The lowest BCUT2D eigenvalue weighted by Crippen LogP contribution is -1.96. The fourth-order valence-electron chi connectivity index (χ4n) is 1.03. The Morgan fingerprint density at radius 2 is 1.77 bits per heavy atom. The van der Waals surface area contributed by atoms with E-state index >= 15 is 0 Å². The Bertz CT molecular complexity index is 430. The van der Waals surface area contributed by atoms with Gasteiger partial charge in [0.2, 0.25) is 0 Å². The van der Waals surface area contributed by atoms with Gasteiger partial charge in [-0.2, -0.15) is 3.94 Å². The van der Waals surface area contributed by atoms with Crippen LogP contribution >= 0.6 is 23.6 Å². The van der Waals surface area contributed by atoms with E-state index < -0.39 is 0 Å². The molecule has 2 rings (SSSR count). The number of benzene rings is 1. The lowest BCUT2D eigenvalue weighted by atomic mass is 10.3. The van der Waals surface area contributed by atoms with Crippen LogP contribution < -0.4 is 3.94 Å². The third-order valence-electron chi connectivity index (χ3n) is 1.61. The van der Waals surface area contributed by atoms with Crippen molar-refractivity contribution in [1.82, 2.24) is 9.97 Å². The third-order valence-corrected chi connectivity index (χ3v) is 1.96. The van der Waals surface area contributed by atoms with Gasteiger partial charge in [-0.3, -0.25) is 4.98 Å². The van der Waals surface area contributed by atoms with Gasteiger partial charge in [-0.05, 0) is 12.1 Å². The summed E-state index contributed by atoms with van der Waals surface area (Å²) in [5, 5.41) is 0. The van der Waals surface area contributed by atoms with E-state index in [1.165, 1.54) is 6.20 Å². The van der Waals surface area contributed by atoms with Crippen LogP contribution in [0.4, 0.5) is 5.82 Å². The van der Waals surface area contributed by atoms with Crippen LogP contribution in [0.5, 0.6) is 0 Å². The zero-order chi connectivity index (χ0) is 9.26. The van der Waals surface area contributed by atoms with Crippen LogP contribution in [0, 0.1) is 0 Å². The molecule has 0 N–H and O–H groups in total. The number of rotatable bonds is 1. The van der Waals surface area contributed by atoms with E-state index in [4.69, 9.17) is 23.6 Å². The minimum absolute atomic E-state index is 0.419. The molecule has 0 aliphatic carbocycles. The van der Waals surface area contributed by atoms with Crippen LogP contribution in [-0.2, 0) is 0 Å². The topological polar surface area (TPSA) is 29.0 Å². The largest absolute Gasteiger partial charge is 0.251 e. The van der Waals surface area contributed by atoms with Gasteiger partial charge in [0, 0.05) is 23.6 Å². The summed E-state index contributed by atoms with van der Waals surface area (Å²) in [6.07, 6.45) is 1.52. The van der Waals surface area contributed by atoms with Gasteiger partial charge >= 0.3 is 0 Å². The van der Waals surface area contributed by atoms with E-state index in [1.807, 2.05) is 24.3 Å². The number of nitrogens with zero attached hydrogens (tertiary/aromatic N) is 3. The first-order valence-corrected chi connectivity index (χ1v) is 4.28. The molecule has 0 saturated carbocycles. The van der Waals surface area contributed by atoms with E-state index in [1.54, 1.807) is 0 Å². The first-order valence-electron chi connectivity index (χ1n) is 3.61. The van der Waals surface area contributed by atoms with Crippen molar-refractivity contribution in [2.75, 3.05) is 3.94 Å². The van der Waals surface area contributed by atoms with Crippen molar-refractivity contribution in [1.29, 1.82) is 0 Å². The van der Waals surface area contributed by atoms with Gasteiger partial charge in [-0.25, -0.2) is 4.98 Å². The Morgan fingerprint density at radius 1 is 1.08 bits per heavy atom. The molecule has 0 unspecified atom stereocenters. The molecule has 0 aliphatic rings. The predicted octanol–water partition coefficient (Wildman–Crippen LogP) is 2.74. The van der Waals surface area contributed by atoms with Crippen molar-refractivity contribution in [2.45, 2.75) is 0 Å². The van der Waals surface area contributed by atoms with Gasteiger partial charge in [-0.15, -0.1) is 0 Å². The Hall–Kier alpha value is -1.06. The Balaban J connectivity index is 2.62. The number of aromatic nitrogens is 2. The zero-order valence-electron chi connectivity index (χ0n) is 6.48. The molecule has 5 heteroatoms. The van der Waals surface area contributed by atoms with Crippen LogP contribution in [0.3, 0.4) is 0 Å². The maximum atomic E-state index is 5.50. The summed E-state index contributed by atoms with van der Waals surface area (Å²) in [4.78, 5) is 8.30. The lowest BCUT2D eigenvalue weighted by Gasteiger charge is -2.04. The lowest BCUT2D eigenvalue weighted by molar-refractivity contribution is 1.27. The van der Waals surface area contributed by atoms with E-state index in [0.29, 0.717) is 5.82 Å². The minimum Gasteiger partial charge on any atom is -0.251 e. The molecule has 2 aromatic rings. The summed E-state index contributed by atoms with van der Waals surface area (Å²) in [5.74, 6) is 0.419. The van der Waals surface area contributed by atoms with E-state index in [9.17, 15) is 0 Å². The molecule has 0 fully saturated rings. The summed E-state index contributed by atoms with van der Waals surface area (Å²) in [7, 11) is 0. The molecular weight excluding hydrogens is 209 g/mol. The van der Waals surface area contributed by atoms with Crippen LogP contribution in [0.2, 0.25) is 0 Å². The van der Waals surface area contributed by atoms with E-state index in [-0.39, 0.29) is 0 Å². The van der Waals surface area contributed by atoms with Crippen molar-refractivity contribution in [3.8, 4) is 0 Å². The second-order valence-electron chi connectivity index (χ2n) is 2.45. The van der Waals surface area contributed by atoms with Gasteiger partial charge < -0.3 is 0 Å². The number of fused-ring (bicyclic) bond motifs is 1. The molecule has 0 spiro atoms. The van der Waals surface area contributed by atoms with Crippen LogP contribution in [0.25, 0.3) is 11.0 Å². The fraction of sp³-hybridized carbons (Fsp3) is 0. The SMILES string of the molecule is ClN(Cl)c1cnc2ccccc2n1. The van der Waals surface area contributed by atoms with Crippen molar-refractivity contribution < 1.29 is 0 Å². The molecule has 66 valence electrons. The molecule has 0 radical (unpaired) electrons. The second-order valence-corrected chi connectivity index (χ2v) is 3.30. The van der Waals surface area contributed by atoms with Crippen LogP contribution in [-0.4, -0.2) is 9.97 Å². The monoisotopic (exact) mass is 213 g/mol. The maximum Gasteiger partial charge on any atom is 0.178 e. The number of para-hydroxylation sites is 2. The molecular formula is C8H5Cl2N3. The molecule has 13 heavy (non-hydrogen) atoms. The number of anilines is 1. The average Bonchev–Trinajstić information content (AvgIpc) is 2.17. The fourth-order valence-corrected chi connectivity index (χ4v) is 1.19. The Morgan fingerprint density at radius 3 is 2.46 bits per heavy atom. The Kier molecular flexibility index (Phi) is 2.20. The number of hydrogen-bond acceptors (Lipinski definition) is 3. The van der Waals surface area contributed by atoms with Gasteiger partial charge in [0.15, 0.2) is 5.82 Å². The summed E-state index contributed by atoms with van der Waals surface area (Å²) < 4.78 is 0.888. The van der Waals surface area contributed by atoms with Crippen molar-refractivity contribution in [3.05, 3.63) is 30.5 Å². The minimum atomic E-state index is 0.419. The number of halogens is 2.